The second-order valence-corrected chi connectivity index (χ2v) is 12.3. The van der Waals surface area contributed by atoms with Gasteiger partial charge >= 0.3 is 0 Å². The first-order valence-corrected chi connectivity index (χ1v) is 14.9. The molecule has 0 unspecified atom stereocenters. The number of para-hydroxylation sites is 1. The molecule has 40 heavy (non-hydrogen) atoms. The number of amides is 1. The molecule has 5 aromatic rings. The lowest BCUT2D eigenvalue weighted by Crippen LogP contribution is -2.32. The molecule has 1 amide bonds. The van der Waals surface area contributed by atoms with Crippen molar-refractivity contribution >= 4 is 49.7 Å². The molecule has 0 aromatic heterocycles. The normalized spacial score (nSPS) is 12.4. The number of nitrogens with zero attached hydrogens (tertiary/aromatic N) is 1. The zero-order valence-corrected chi connectivity index (χ0v) is 23.5. The van der Waals surface area contributed by atoms with E-state index in [0.717, 1.165) is 29.4 Å². The standard InChI is InChI=1S/C33H27ClN2O3S/c1-22-9-18-27(19-10-22)40(38,39)36(21-23-11-16-26(34)17-12-23)31-8-3-2-6-29(31)33(37)35-30-20-15-25-14-13-24-5-4-7-28(30)32(24)25/h2-12,15-20H,13-14,21H2,1H3,(H,35,37). The van der Waals surface area contributed by atoms with Gasteiger partial charge in [-0.3, -0.25) is 9.10 Å². The van der Waals surface area contributed by atoms with Gasteiger partial charge in [0, 0.05) is 16.1 Å². The summed E-state index contributed by atoms with van der Waals surface area (Å²) in [6.07, 6.45) is 1.98. The van der Waals surface area contributed by atoms with E-state index in [1.807, 2.05) is 25.1 Å². The molecule has 1 aliphatic carbocycles. The molecule has 0 saturated heterocycles. The van der Waals surface area contributed by atoms with E-state index >= 15 is 0 Å². The van der Waals surface area contributed by atoms with Crippen LogP contribution in [0.15, 0.2) is 108 Å². The van der Waals surface area contributed by atoms with Crippen LogP contribution in [0.1, 0.15) is 32.6 Å². The van der Waals surface area contributed by atoms with Gasteiger partial charge in [-0.25, -0.2) is 8.42 Å². The molecule has 0 fully saturated rings. The SMILES string of the molecule is Cc1ccc(S(=O)(=O)N(Cc2ccc(Cl)cc2)c2ccccc2C(=O)Nc2ccc3c4c(cccc24)CC3)cc1. The number of nitrogens with one attached hydrogen (secondary N) is 1. The van der Waals surface area contributed by atoms with Crippen LogP contribution in [0, 0.1) is 6.92 Å². The third kappa shape index (κ3) is 4.85. The Morgan fingerprint density at radius 1 is 0.825 bits per heavy atom. The van der Waals surface area contributed by atoms with E-state index in [2.05, 4.69) is 17.4 Å². The van der Waals surface area contributed by atoms with E-state index < -0.39 is 10.0 Å². The number of carbonyl (C=O) groups excluding carboxylic acids is 1. The first-order chi connectivity index (χ1) is 19.3. The predicted octanol–water partition coefficient (Wildman–Crippen LogP) is 7.55. The number of sulfonamides is 1. The molecule has 0 radical (unpaired) electrons. The number of hydrogen-bond donors (Lipinski definition) is 1. The average molecular weight is 567 g/mol. The molecule has 0 saturated carbocycles. The molecular formula is C33H27ClN2O3S. The Labute approximate surface area is 239 Å². The molecule has 5 nitrogen and oxygen atoms in total. The molecule has 7 heteroatoms. The highest BCUT2D eigenvalue weighted by Crippen LogP contribution is 2.36. The number of aryl methyl sites for hydroxylation is 3. The quantitative estimate of drug-likeness (QED) is 0.221. The molecule has 1 N–H and O–H groups in total. The molecule has 0 bridgehead atoms. The number of hydrogen-bond acceptors (Lipinski definition) is 3. The maximum absolute atomic E-state index is 14.1. The van der Waals surface area contributed by atoms with Crippen LogP contribution < -0.4 is 9.62 Å². The van der Waals surface area contributed by atoms with E-state index in [1.54, 1.807) is 72.8 Å². The fourth-order valence-corrected chi connectivity index (χ4v) is 6.92. The Balaban J connectivity index is 1.42. The molecule has 200 valence electrons. The van der Waals surface area contributed by atoms with Crippen molar-refractivity contribution in [1.82, 2.24) is 0 Å². The number of halogens is 1. The average Bonchev–Trinajstić information content (AvgIpc) is 3.39. The molecule has 5 aromatic carbocycles. The molecule has 0 heterocycles. The molecule has 6 rings (SSSR count). The lowest BCUT2D eigenvalue weighted by molar-refractivity contribution is 0.102. The molecule has 0 spiro atoms. The van der Waals surface area contributed by atoms with Gasteiger partial charge in [0.2, 0.25) is 0 Å². The van der Waals surface area contributed by atoms with Crippen molar-refractivity contribution in [3.05, 3.63) is 136 Å². The Kier molecular flexibility index (Phi) is 6.82. The predicted molar refractivity (Wildman–Crippen MR) is 162 cm³/mol. The highest BCUT2D eigenvalue weighted by Gasteiger charge is 2.29. The summed E-state index contributed by atoms with van der Waals surface area (Å²) in [6.45, 7) is 1.93. The number of rotatable bonds is 7. The first kappa shape index (κ1) is 26.1. The summed E-state index contributed by atoms with van der Waals surface area (Å²) in [4.78, 5) is 14.0. The monoisotopic (exact) mass is 566 g/mol. The van der Waals surface area contributed by atoms with Crippen molar-refractivity contribution in [1.29, 1.82) is 0 Å². The number of anilines is 2. The summed E-state index contributed by atoms with van der Waals surface area (Å²) in [5, 5.41) is 5.81. The van der Waals surface area contributed by atoms with Crippen LogP contribution in [-0.4, -0.2) is 14.3 Å². The van der Waals surface area contributed by atoms with Gasteiger partial charge in [-0.05, 0) is 84.3 Å². The van der Waals surface area contributed by atoms with E-state index in [4.69, 9.17) is 11.6 Å². The van der Waals surface area contributed by atoms with Gasteiger partial charge in [-0.15, -0.1) is 0 Å². The van der Waals surface area contributed by atoms with Crippen LogP contribution in [0.25, 0.3) is 10.8 Å². The van der Waals surface area contributed by atoms with E-state index in [1.165, 1.54) is 20.8 Å². The number of carbonyl (C=O) groups is 1. The van der Waals surface area contributed by atoms with Gasteiger partial charge in [-0.2, -0.15) is 0 Å². The summed E-state index contributed by atoms with van der Waals surface area (Å²) in [7, 11) is -4.03. The summed E-state index contributed by atoms with van der Waals surface area (Å²) in [6, 6.07) is 30.7. The second kappa shape index (κ2) is 10.5. The van der Waals surface area contributed by atoms with Crippen LogP contribution in [-0.2, 0) is 29.4 Å². The number of benzene rings is 5. The lowest BCUT2D eigenvalue weighted by Gasteiger charge is -2.27. The van der Waals surface area contributed by atoms with Gasteiger partial charge < -0.3 is 5.32 Å². The van der Waals surface area contributed by atoms with Gasteiger partial charge in [-0.1, -0.05) is 77.8 Å². The smallest absolute Gasteiger partial charge is 0.264 e. The summed E-state index contributed by atoms with van der Waals surface area (Å²) >= 11 is 6.09. The van der Waals surface area contributed by atoms with Gasteiger partial charge in [0.1, 0.15) is 0 Å². The van der Waals surface area contributed by atoms with Gasteiger partial charge in [0.15, 0.2) is 0 Å². The lowest BCUT2D eigenvalue weighted by atomic mass is 10.0. The Morgan fingerprint density at radius 2 is 1.52 bits per heavy atom. The van der Waals surface area contributed by atoms with Gasteiger partial charge in [0.05, 0.1) is 22.7 Å². The van der Waals surface area contributed by atoms with Crippen molar-refractivity contribution in [3.63, 3.8) is 0 Å². The zero-order valence-electron chi connectivity index (χ0n) is 21.9. The maximum Gasteiger partial charge on any atom is 0.264 e. The van der Waals surface area contributed by atoms with Crippen molar-refractivity contribution < 1.29 is 13.2 Å². The molecule has 0 aliphatic heterocycles. The van der Waals surface area contributed by atoms with Crippen LogP contribution in [0.4, 0.5) is 11.4 Å². The largest absolute Gasteiger partial charge is 0.321 e. The van der Waals surface area contributed by atoms with Crippen molar-refractivity contribution in [2.45, 2.75) is 31.2 Å². The Morgan fingerprint density at radius 3 is 2.27 bits per heavy atom. The first-order valence-electron chi connectivity index (χ1n) is 13.1. The Bertz CT molecular complexity index is 1840. The summed E-state index contributed by atoms with van der Waals surface area (Å²) in [5.74, 6) is -0.380. The minimum atomic E-state index is -4.03. The van der Waals surface area contributed by atoms with E-state index in [0.29, 0.717) is 16.4 Å². The summed E-state index contributed by atoms with van der Waals surface area (Å²) in [5.41, 5.74) is 5.51. The van der Waals surface area contributed by atoms with E-state index in [-0.39, 0.29) is 22.9 Å². The van der Waals surface area contributed by atoms with E-state index in [9.17, 15) is 13.2 Å². The van der Waals surface area contributed by atoms with Crippen LogP contribution >= 0.6 is 11.6 Å². The van der Waals surface area contributed by atoms with Crippen molar-refractivity contribution in [3.8, 4) is 0 Å². The highest BCUT2D eigenvalue weighted by atomic mass is 35.5. The van der Waals surface area contributed by atoms with Crippen molar-refractivity contribution in [2.75, 3.05) is 9.62 Å². The zero-order chi connectivity index (χ0) is 27.9. The molecule has 0 atom stereocenters. The highest BCUT2D eigenvalue weighted by molar-refractivity contribution is 7.92. The minimum Gasteiger partial charge on any atom is -0.321 e. The maximum atomic E-state index is 14.1. The molecule has 1 aliphatic rings. The van der Waals surface area contributed by atoms with Crippen LogP contribution in [0.3, 0.4) is 0 Å². The third-order valence-electron chi connectivity index (χ3n) is 7.39. The fraction of sp³-hybridized carbons (Fsp3) is 0.121. The minimum absolute atomic E-state index is 0.0264. The van der Waals surface area contributed by atoms with Crippen LogP contribution in [0.2, 0.25) is 5.02 Å². The topological polar surface area (TPSA) is 66.5 Å². The summed E-state index contributed by atoms with van der Waals surface area (Å²) < 4.78 is 29.4. The second-order valence-electron chi connectivity index (χ2n) is 10.0. The van der Waals surface area contributed by atoms with Crippen LogP contribution in [0.5, 0.6) is 0 Å². The van der Waals surface area contributed by atoms with Gasteiger partial charge in [0.25, 0.3) is 15.9 Å². The molecular weight excluding hydrogens is 540 g/mol. The fourth-order valence-electron chi connectivity index (χ4n) is 5.32. The Hall–Kier alpha value is -4.13. The third-order valence-corrected chi connectivity index (χ3v) is 9.42. The van der Waals surface area contributed by atoms with Crippen molar-refractivity contribution in [2.24, 2.45) is 0 Å².